The van der Waals surface area contributed by atoms with Gasteiger partial charge in [-0.1, -0.05) is 12.1 Å². The first kappa shape index (κ1) is 15.9. The molecule has 2 aromatic rings. The normalized spacial score (nSPS) is 12.3. The number of aliphatic hydroxyl groups is 1. The molecule has 1 aromatic heterocycles. The number of benzene rings is 1. The molecule has 2 rings (SSSR count). The lowest BCUT2D eigenvalue weighted by Crippen LogP contribution is -2.28. The highest BCUT2D eigenvalue weighted by Crippen LogP contribution is 2.14. The molecule has 0 radical (unpaired) electrons. The van der Waals surface area contributed by atoms with E-state index in [1.165, 1.54) is 12.3 Å². The van der Waals surface area contributed by atoms with E-state index in [1.807, 2.05) is 31.2 Å². The molecule has 0 saturated carbocycles. The van der Waals surface area contributed by atoms with E-state index in [0.717, 1.165) is 11.3 Å². The average molecular weight is 301 g/mol. The number of amides is 1. The van der Waals surface area contributed by atoms with Crippen molar-refractivity contribution in [2.45, 2.75) is 13.0 Å². The SMILES string of the molecule is CCOc1ccc(/C=C/C(=O)NC(CO)c2ccco2)cc1. The maximum Gasteiger partial charge on any atom is 0.244 e. The lowest BCUT2D eigenvalue weighted by atomic mass is 10.2. The smallest absolute Gasteiger partial charge is 0.244 e. The van der Waals surface area contributed by atoms with Gasteiger partial charge in [-0.3, -0.25) is 4.79 Å². The molecule has 0 aliphatic carbocycles. The van der Waals surface area contributed by atoms with Crippen molar-refractivity contribution in [3.63, 3.8) is 0 Å². The largest absolute Gasteiger partial charge is 0.494 e. The molecule has 5 heteroatoms. The summed E-state index contributed by atoms with van der Waals surface area (Å²) in [7, 11) is 0. The second-order valence-corrected chi connectivity index (χ2v) is 4.59. The van der Waals surface area contributed by atoms with Crippen LogP contribution in [0.3, 0.4) is 0 Å². The first-order valence-corrected chi connectivity index (χ1v) is 7.08. The third kappa shape index (κ3) is 4.49. The van der Waals surface area contributed by atoms with Gasteiger partial charge in [0, 0.05) is 6.08 Å². The second kappa shape index (κ2) is 8.05. The van der Waals surface area contributed by atoms with Gasteiger partial charge in [-0.2, -0.15) is 0 Å². The molecule has 5 nitrogen and oxygen atoms in total. The molecule has 0 bridgehead atoms. The molecule has 0 aliphatic heterocycles. The Bertz CT molecular complexity index is 602. The summed E-state index contributed by atoms with van der Waals surface area (Å²) >= 11 is 0. The number of rotatable bonds is 7. The minimum Gasteiger partial charge on any atom is -0.494 e. The molecule has 1 atom stereocenters. The van der Waals surface area contributed by atoms with Crippen molar-refractivity contribution in [3.8, 4) is 5.75 Å². The number of hydrogen-bond donors (Lipinski definition) is 2. The van der Waals surface area contributed by atoms with Gasteiger partial charge in [0.05, 0.1) is 19.5 Å². The first-order chi connectivity index (χ1) is 10.7. The van der Waals surface area contributed by atoms with E-state index in [1.54, 1.807) is 18.2 Å². The van der Waals surface area contributed by atoms with E-state index in [2.05, 4.69) is 5.32 Å². The van der Waals surface area contributed by atoms with Gasteiger partial charge in [0.2, 0.25) is 5.91 Å². The Morgan fingerprint density at radius 2 is 2.14 bits per heavy atom. The van der Waals surface area contributed by atoms with Crippen LogP contribution in [-0.2, 0) is 4.79 Å². The Hall–Kier alpha value is -2.53. The van der Waals surface area contributed by atoms with Crippen LogP contribution < -0.4 is 10.1 Å². The molecule has 116 valence electrons. The molecule has 0 saturated heterocycles. The Labute approximate surface area is 129 Å². The maximum atomic E-state index is 11.9. The van der Waals surface area contributed by atoms with Gasteiger partial charge in [0.25, 0.3) is 0 Å². The van der Waals surface area contributed by atoms with E-state index < -0.39 is 6.04 Å². The molecule has 2 N–H and O–H groups in total. The van der Waals surface area contributed by atoms with Gasteiger partial charge >= 0.3 is 0 Å². The van der Waals surface area contributed by atoms with Gasteiger partial charge in [-0.15, -0.1) is 0 Å². The average Bonchev–Trinajstić information content (AvgIpc) is 3.06. The highest BCUT2D eigenvalue weighted by Gasteiger charge is 2.14. The molecule has 1 heterocycles. The van der Waals surface area contributed by atoms with E-state index in [0.29, 0.717) is 12.4 Å². The lowest BCUT2D eigenvalue weighted by Gasteiger charge is -2.12. The van der Waals surface area contributed by atoms with Gasteiger partial charge in [-0.05, 0) is 42.8 Å². The standard InChI is InChI=1S/C17H19NO4/c1-2-21-14-8-5-13(6-9-14)7-10-17(20)18-15(12-19)16-4-3-11-22-16/h3-11,15,19H,2,12H2,1H3,(H,18,20)/b10-7+. The number of furan rings is 1. The van der Waals surface area contributed by atoms with Crippen molar-refractivity contribution in [3.05, 3.63) is 60.1 Å². The van der Waals surface area contributed by atoms with Crippen molar-refractivity contribution < 1.29 is 19.1 Å². The van der Waals surface area contributed by atoms with Crippen LogP contribution in [0.4, 0.5) is 0 Å². The topological polar surface area (TPSA) is 71.7 Å². The number of carbonyl (C=O) groups excluding carboxylic acids is 1. The van der Waals surface area contributed by atoms with Crippen molar-refractivity contribution in [2.24, 2.45) is 0 Å². The molecule has 1 aromatic carbocycles. The van der Waals surface area contributed by atoms with Gasteiger partial charge < -0.3 is 19.6 Å². The van der Waals surface area contributed by atoms with Crippen molar-refractivity contribution in [2.75, 3.05) is 13.2 Å². The third-order valence-electron chi connectivity index (χ3n) is 3.00. The van der Waals surface area contributed by atoms with Crippen LogP contribution in [0.5, 0.6) is 5.75 Å². The predicted octanol–water partition coefficient (Wildman–Crippen LogP) is 2.54. The summed E-state index contributed by atoms with van der Waals surface area (Å²) in [6, 6.07) is 10.3. The molecule has 1 unspecified atom stereocenters. The fraction of sp³-hybridized carbons (Fsp3) is 0.235. The predicted molar refractivity (Wildman–Crippen MR) is 83.3 cm³/mol. The van der Waals surface area contributed by atoms with Crippen LogP contribution in [0.1, 0.15) is 24.3 Å². The number of nitrogens with one attached hydrogen (secondary N) is 1. The molecule has 0 spiro atoms. The van der Waals surface area contributed by atoms with Crippen LogP contribution >= 0.6 is 0 Å². The summed E-state index contributed by atoms with van der Waals surface area (Å²) < 4.78 is 10.5. The van der Waals surface area contributed by atoms with Crippen LogP contribution in [-0.4, -0.2) is 24.2 Å². The van der Waals surface area contributed by atoms with Crippen molar-refractivity contribution >= 4 is 12.0 Å². The van der Waals surface area contributed by atoms with E-state index in [-0.39, 0.29) is 12.5 Å². The number of aliphatic hydroxyl groups excluding tert-OH is 1. The second-order valence-electron chi connectivity index (χ2n) is 4.59. The van der Waals surface area contributed by atoms with Crippen LogP contribution in [0.25, 0.3) is 6.08 Å². The van der Waals surface area contributed by atoms with E-state index in [4.69, 9.17) is 9.15 Å². The molecule has 1 amide bonds. The third-order valence-corrected chi connectivity index (χ3v) is 3.00. The fourth-order valence-corrected chi connectivity index (χ4v) is 1.93. The van der Waals surface area contributed by atoms with Crippen LogP contribution in [0.2, 0.25) is 0 Å². The van der Waals surface area contributed by atoms with Crippen LogP contribution in [0, 0.1) is 0 Å². The van der Waals surface area contributed by atoms with Gasteiger partial charge in [0.15, 0.2) is 0 Å². The molecule has 22 heavy (non-hydrogen) atoms. The van der Waals surface area contributed by atoms with Gasteiger partial charge in [0.1, 0.15) is 17.6 Å². The summed E-state index contributed by atoms with van der Waals surface area (Å²) in [5, 5.41) is 12.0. The highest BCUT2D eigenvalue weighted by atomic mass is 16.5. The number of carbonyl (C=O) groups is 1. The number of hydrogen-bond acceptors (Lipinski definition) is 4. The summed E-state index contributed by atoms with van der Waals surface area (Å²) in [6.07, 6.45) is 4.61. The summed E-state index contributed by atoms with van der Waals surface area (Å²) in [6.45, 7) is 2.32. The number of ether oxygens (including phenoxy) is 1. The zero-order valence-corrected chi connectivity index (χ0v) is 12.4. The monoisotopic (exact) mass is 301 g/mol. The van der Waals surface area contributed by atoms with Crippen molar-refractivity contribution in [1.29, 1.82) is 0 Å². The first-order valence-electron chi connectivity index (χ1n) is 7.08. The maximum absolute atomic E-state index is 11.9. The Morgan fingerprint density at radius 3 is 2.73 bits per heavy atom. The van der Waals surface area contributed by atoms with E-state index in [9.17, 15) is 9.90 Å². The lowest BCUT2D eigenvalue weighted by molar-refractivity contribution is -0.117. The van der Waals surface area contributed by atoms with Crippen LogP contribution in [0.15, 0.2) is 53.2 Å². The Morgan fingerprint density at radius 1 is 1.36 bits per heavy atom. The Balaban J connectivity index is 1.93. The molecular weight excluding hydrogens is 282 g/mol. The zero-order valence-electron chi connectivity index (χ0n) is 12.4. The summed E-state index contributed by atoms with van der Waals surface area (Å²) in [5.41, 5.74) is 0.886. The summed E-state index contributed by atoms with van der Waals surface area (Å²) in [4.78, 5) is 11.9. The zero-order chi connectivity index (χ0) is 15.8. The fourth-order valence-electron chi connectivity index (χ4n) is 1.93. The molecule has 0 fully saturated rings. The minimum absolute atomic E-state index is 0.226. The molecular formula is C17H19NO4. The quantitative estimate of drug-likeness (QED) is 0.771. The van der Waals surface area contributed by atoms with Gasteiger partial charge in [-0.25, -0.2) is 0 Å². The Kier molecular flexibility index (Phi) is 5.80. The summed E-state index contributed by atoms with van der Waals surface area (Å²) in [5.74, 6) is 1.01. The minimum atomic E-state index is -0.549. The van der Waals surface area contributed by atoms with Crippen molar-refractivity contribution in [1.82, 2.24) is 5.32 Å². The highest BCUT2D eigenvalue weighted by molar-refractivity contribution is 5.91. The van der Waals surface area contributed by atoms with E-state index >= 15 is 0 Å². The molecule has 0 aliphatic rings.